The maximum Gasteiger partial charge on any atom is 0.451 e. The van der Waals surface area contributed by atoms with Crippen molar-refractivity contribution in [3.05, 3.63) is 0 Å². The lowest BCUT2D eigenvalue weighted by atomic mass is 9.77. The van der Waals surface area contributed by atoms with Gasteiger partial charge in [0.2, 0.25) is 0 Å². The molecule has 0 aromatic carbocycles. The van der Waals surface area contributed by atoms with Crippen LogP contribution in [-0.4, -0.2) is 46.9 Å². The monoisotopic (exact) mass is 244 g/mol. The van der Waals surface area contributed by atoms with E-state index in [1.807, 2.05) is 0 Å². The van der Waals surface area contributed by atoms with E-state index in [1.165, 1.54) is 0 Å². The second kappa shape index (κ2) is 6.35. The summed E-state index contributed by atoms with van der Waals surface area (Å²) in [5.41, 5.74) is 4.81. The Morgan fingerprint density at radius 3 is 2.65 bits per heavy atom. The molecule has 2 atom stereocenters. The van der Waals surface area contributed by atoms with E-state index in [-0.39, 0.29) is 12.2 Å². The van der Waals surface area contributed by atoms with Crippen molar-refractivity contribution >= 4 is 13.1 Å². The summed E-state index contributed by atoms with van der Waals surface area (Å²) in [4.78, 5) is 11.3. The molecule has 1 aliphatic heterocycles. The third-order valence-electron chi connectivity index (χ3n) is 3.49. The zero-order chi connectivity index (χ0) is 12.9. The molecule has 1 unspecified atom stereocenters. The molecular weight excluding hydrogens is 223 g/mol. The summed E-state index contributed by atoms with van der Waals surface area (Å²) < 4.78 is 0. The van der Waals surface area contributed by atoms with E-state index in [0.29, 0.717) is 25.8 Å². The summed E-state index contributed by atoms with van der Waals surface area (Å²) in [5, 5.41) is 29.8. The number of carbonyl (C=O) groups is 1. The third-order valence-corrected chi connectivity index (χ3v) is 3.49. The Morgan fingerprint density at radius 2 is 2.18 bits per heavy atom. The van der Waals surface area contributed by atoms with Crippen LogP contribution < -0.4 is 11.1 Å². The van der Waals surface area contributed by atoms with E-state index in [2.05, 4.69) is 5.32 Å². The molecule has 0 saturated carbocycles. The highest BCUT2D eigenvalue weighted by Crippen LogP contribution is 2.27. The van der Waals surface area contributed by atoms with Crippen LogP contribution in [0.25, 0.3) is 0 Å². The second-order valence-corrected chi connectivity index (χ2v) is 4.76. The molecule has 6 nitrogen and oxygen atoms in total. The first-order valence-corrected chi connectivity index (χ1v) is 6.06. The number of rotatable bonds is 7. The zero-order valence-corrected chi connectivity index (χ0v) is 9.93. The third kappa shape index (κ3) is 3.95. The van der Waals surface area contributed by atoms with E-state index in [9.17, 15) is 9.90 Å². The van der Waals surface area contributed by atoms with Crippen molar-refractivity contribution in [1.82, 2.24) is 5.32 Å². The number of nitrogens with two attached hydrogens (primary N) is 1. The Bertz CT molecular complexity index is 259. The lowest BCUT2D eigenvalue weighted by molar-refractivity contribution is -0.145. The highest BCUT2D eigenvalue weighted by Gasteiger charge is 2.42. The molecule has 1 saturated heterocycles. The van der Waals surface area contributed by atoms with Gasteiger partial charge >= 0.3 is 13.1 Å². The van der Waals surface area contributed by atoms with Gasteiger partial charge in [-0.1, -0.05) is 12.8 Å². The molecule has 0 bridgehead atoms. The number of nitrogens with one attached hydrogen (secondary N) is 1. The van der Waals surface area contributed by atoms with Crippen LogP contribution in [0, 0.1) is 5.92 Å². The first kappa shape index (κ1) is 14.4. The lowest BCUT2D eigenvalue weighted by Gasteiger charge is -2.30. The normalized spacial score (nSPS) is 23.4. The largest absolute Gasteiger partial charge is 0.480 e. The maximum atomic E-state index is 11.3. The minimum absolute atomic E-state index is 0.0425. The van der Waals surface area contributed by atoms with Crippen molar-refractivity contribution in [3.63, 3.8) is 0 Å². The molecule has 1 fully saturated rings. The minimum Gasteiger partial charge on any atom is -0.480 e. The standard InChI is InChI=1S/C10H21BN2O4/c12-10(9(14)15,8-3-6-13-7-8)4-1-2-5-11(16)17/h8,13,16-17H,1-7,12H2,(H,14,15)/t8?,10-/m0/s1. The SMILES string of the molecule is N[C@](CCCCB(O)O)(C(=O)O)C1CCNC1. The average Bonchev–Trinajstić information content (AvgIpc) is 2.77. The fraction of sp³-hybridized carbons (Fsp3) is 0.900. The smallest absolute Gasteiger partial charge is 0.451 e. The molecule has 1 heterocycles. The van der Waals surface area contributed by atoms with Gasteiger partial charge in [-0.3, -0.25) is 4.79 Å². The van der Waals surface area contributed by atoms with Crippen LogP contribution in [0.3, 0.4) is 0 Å². The summed E-state index contributed by atoms with van der Waals surface area (Å²) in [7, 11) is -1.32. The van der Waals surface area contributed by atoms with Gasteiger partial charge in [0.15, 0.2) is 0 Å². The molecule has 17 heavy (non-hydrogen) atoms. The van der Waals surface area contributed by atoms with Crippen LogP contribution in [0.15, 0.2) is 0 Å². The molecule has 0 radical (unpaired) electrons. The van der Waals surface area contributed by atoms with Crippen LogP contribution >= 0.6 is 0 Å². The van der Waals surface area contributed by atoms with Gasteiger partial charge in [0.25, 0.3) is 0 Å². The molecule has 0 aromatic heterocycles. The molecule has 6 N–H and O–H groups in total. The minimum atomic E-state index is -1.32. The molecular formula is C10H21BN2O4. The van der Waals surface area contributed by atoms with Crippen molar-refractivity contribution in [2.75, 3.05) is 13.1 Å². The molecule has 0 amide bonds. The molecule has 0 aromatic rings. The topological polar surface area (TPSA) is 116 Å². The van der Waals surface area contributed by atoms with Gasteiger partial charge in [0.1, 0.15) is 5.54 Å². The Kier molecular flexibility index (Phi) is 5.39. The van der Waals surface area contributed by atoms with E-state index in [4.69, 9.17) is 15.8 Å². The fourth-order valence-corrected chi connectivity index (χ4v) is 2.32. The lowest BCUT2D eigenvalue weighted by Crippen LogP contribution is -2.54. The van der Waals surface area contributed by atoms with Gasteiger partial charge < -0.3 is 26.2 Å². The predicted octanol–water partition coefficient (Wildman–Crippen LogP) is -0.979. The molecule has 0 aliphatic carbocycles. The summed E-state index contributed by atoms with van der Waals surface area (Å²) in [5.74, 6) is -1.00. The number of carboxylic acids is 1. The van der Waals surface area contributed by atoms with E-state index >= 15 is 0 Å². The van der Waals surface area contributed by atoms with Gasteiger partial charge in [-0.15, -0.1) is 0 Å². The summed E-state index contributed by atoms with van der Waals surface area (Å²) in [6, 6.07) is 0. The highest BCUT2D eigenvalue weighted by atomic mass is 16.4. The first-order chi connectivity index (χ1) is 7.97. The predicted molar refractivity (Wildman–Crippen MR) is 64.4 cm³/mol. The second-order valence-electron chi connectivity index (χ2n) is 4.76. The molecule has 98 valence electrons. The summed E-state index contributed by atoms with van der Waals surface area (Å²) in [6.07, 6.45) is 2.59. The van der Waals surface area contributed by atoms with Gasteiger partial charge in [-0.05, 0) is 25.7 Å². The summed E-state index contributed by atoms with van der Waals surface area (Å²) in [6.45, 7) is 1.46. The number of hydrogen-bond donors (Lipinski definition) is 5. The van der Waals surface area contributed by atoms with Gasteiger partial charge in [0, 0.05) is 12.5 Å². The Hall–Kier alpha value is -0.625. The molecule has 0 spiro atoms. The Labute approximate surface area is 101 Å². The fourth-order valence-electron chi connectivity index (χ4n) is 2.32. The highest BCUT2D eigenvalue weighted by molar-refractivity contribution is 6.40. The van der Waals surface area contributed by atoms with Crippen molar-refractivity contribution in [2.24, 2.45) is 11.7 Å². The first-order valence-electron chi connectivity index (χ1n) is 6.06. The van der Waals surface area contributed by atoms with Crippen LogP contribution in [0.2, 0.25) is 6.32 Å². The van der Waals surface area contributed by atoms with E-state index in [1.54, 1.807) is 0 Å². The van der Waals surface area contributed by atoms with Gasteiger partial charge in [-0.25, -0.2) is 0 Å². The van der Waals surface area contributed by atoms with Crippen LogP contribution in [0.5, 0.6) is 0 Å². The van der Waals surface area contributed by atoms with Gasteiger partial charge in [0.05, 0.1) is 0 Å². The molecule has 7 heteroatoms. The van der Waals surface area contributed by atoms with Crippen LogP contribution in [0.1, 0.15) is 25.7 Å². The number of aliphatic carboxylic acids is 1. The van der Waals surface area contributed by atoms with Crippen molar-refractivity contribution in [2.45, 2.75) is 37.5 Å². The molecule has 1 aliphatic rings. The molecule has 1 rings (SSSR count). The number of hydrogen-bond acceptors (Lipinski definition) is 5. The van der Waals surface area contributed by atoms with Crippen molar-refractivity contribution in [3.8, 4) is 0 Å². The van der Waals surface area contributed by atoms with E-state index in [0.717, 1.165) is 13.0 Å². The summed E-state index contributed by atoms with van der Waals surface area (Å²) >= 11 is 0. The van der Waals surface area contributed by atoms with E-state index < -0.39 is 18.6 Å². The zero-order valence-electron chi connectivity index (χ0n) is 9.93. The number of unbranched alkanes of at least 4 members (excludes halogenated alkanes) is 1. The number of carboxylic acid groups (broad SMARTS) is 1. The van der Waals surface area contributed by atoms with Crippen molar-refractivity contribution in [1.29, 1.82) is 0 Å². The van der Waals surface area contributed by atoms with Crippen molar-refractivity contribution < 1.29 is 19.9 Å². The quantitative estimate of drug-likeness (QED) is 0.290. The Morgan fingerprint density at radius 1 is 1.47 bits per heavy atom. The van der Waals surface area contributed by atoms with Crippen LogP contribution in [-0.2, 0) is 4.79 Å². The Balaban J connectivity index is 2.44. The van der Waals surface area contributed by atoms with Gasteiger partial charge in [-0.2, -0.15) is 0 Å². The average molecular weight is 244 g/mol. The van der Waals surface area contributed by atoms with Crippen LogP contribution in [0.4, 0.5) is 0 Å². The maximum absolute atomic E-state index is 11.3.